The molecule has 1 fully saturated rings. The van der Waals surface area contributed by atoms with Gasteiger partial charge in [0.05, 0.1) is 4.90 Å². The van der Waals surface area contributed by atoms with Crippen LogP contribution >= 0.6 is 0 Å². The summed E-state index contributed by atoms with van der Waals surface area (Å²) in [5.41, 5.74) is 1.16. The summed E-state index contributed by atoms with van der Waals surface area (Å²) in [6.07, 6.45) is 2.00. The number of anilines is 1. The summed E-state index contributed by atoms with van der Waals surface area (Å²) in [6, 6.07) is 7.69. The molecule has 0 unspecified atom stereocenters. The highest BCUT2D eigenvalue weighted by Crippen LogP contribution is 2.22. The van der Waals surface area contributed by atoms with E-state index < -0.39 is 10.0 Å². The fraction of sp³-hybridized carbons (Fsp3) is 0.556. The highest BCUT2D eigenvalue weighted by molar-refractivity contribution is 7.89. The van der Waals surface area contributed by atoms with Crippen LogP contribution in [0.3, 0.4) is 0 Å². The Morgan fingerprint density at radius 3 is 2.31 bits per heavy atom. The van der Waals surface area contributed by atoms with Gasteiger partial charge in [0.25, 0.3) is 0 Å². The Hall–Kier alpha value is -1.93. The molecule has 26 heavy (non-hydrogen) atoms. The molecular formula is C18H26N4O3S. The second-order valence-corrected chi connectivity index (χ2v) is 8.81. The van der Waals surface area contributed by atoms with Gasteiger partial charge in [-0.25, -0.2) is 8.42 Å². The molecule has 0 bridgehead atoms. The summed E-state index contributed by atoms with van der Waals surface area (Å²) in [4.78, 5) is 6.68. The van der Waals surface area contributed by atoms with Crippen LogP contribution in [0.5, 0.6) is 0 Å². The molecule has 0 saturated carbocycles. The molecule has 1 saturated heterocycles. The molecule has 8 heteroatoms. The van der Waals surface area contributed by atoms with E-state index in [4.69, 9.17) is 4.52 Å². The van der Waals surface area contributed by atoms with Crippen molar-refractivity contribution in [2.45, 2.75) is 44.4 Å². The molecular weight excluding hydrogens is 352 g/mol. The Kier molecular flexibility index (Phi) is 5.62. The van der Waals surface area contributed by atoms with Gasteiger partial charge in [-0.2, -0.15) is 9.29 Å². The molecule has 0 atom stereocenters. The van der Waals surface area contributed by atoms with Gasteiger partial charge in [0.2, 0.25) is 10.0 Å². The fourth-order valence-corrected chi connectivity index (χ4v) is 4.40. The molecule has 3 rings (SSSR count). The minimum atomic E-state index is -3.47. The molecule has 2 aromatic rings. The molecule has 2 heterocycles. The highest BCUT2D eigenvalue weighted by atomic mass is 32.2. The fourth-order valence-electron chi connectivity index (χ4n) is 2.97. The zero-order valence-corrected chi connectivity index (χ0v) is 16.4. The lowest BCUT2D eigenvalue weighted by atomic mass is 10.1. The molecule has 7 nitrogen and oxygen atoms in total. The number of hydrogen-bond donors (Lipinski definition) is 0. The lowest BCUT2D eigenvalue weighted by Gasteiger charge is -2.32. The van der Waals surface area contributed by atoms with E-state index in [1.807, 2.05) is 30.9 Å². The second-order valence-electron chi connectivity index (χ2n) is 6.87. The number of aromatic nitrogens is 2. The van der Waals surface area contributed by atoms with Crippen molar-refractivity contribution in [1.29, 1.82) is 0 Å². The Morgan fingerprint density at radius 1 is 1.12 bits per heavy atom. The van der Waals surface area contributed by atoms with Crippen LogP contribution in [0.1, 0.15) is 44.5 Å². The quantitative estimate of drug-likeness (QED) is 0.769. The predicted molar refractivity (Wildman–Crippen MR) is 99.8 cm³/mol. The maximum absolute atomic E-state index is 12.8. The van der Waals surface area contributed by atoms with Gasteiger partial charge < -0.3 is 9.42 Å². The van der Waals surface area contributed by atoms with Crippen LogP contribution in [-0.2, 0) is 16.4 Å². The van der Waals surface area contributed by atoms with Gasteiger partial charge in [-0.05, 0) is 24.1 Å². The second kappa shape index (κ2) is 7.75. The van der Waals surface area contributed by atoms with E-state index in [0.29, 0.717) is 42.9 Å². The number of piperazine rings is 1. The zero-order valence-electron chi connectivity index (χ0n) is 15.6. The third kappa shape index (κ3) is 3.91. The number of aryl methyl sites for hydroxylation is 1. The molecule has 0 aliphatic carbocycles. The summed E-state index contributed by atoms with van der Waals surface area (Å²) in [6.45, 7) is 7.99. The van der Waals surface area contributed by atoms with E-state index in [0.717, 1.165) is 18.4 Å². The average molecular weight is 378 g/mol. The Balaban J connectivity index is 1.66. The van der Waals surface area contributed by atoms with Crippen LogP contribution in [0.4, 0.5) is 6.01 Å². The van der Waals surface area contributed by atoms with Gasteiger partial charge >= 0.3 is 6.01 Å². The summed E-state index contributed by atoms with van der Waals surface area (Å²) < 4.78 is 32.5. The van der Waals surface area contributed by atoms with Crippen molar-refractivity contribution in [2.24, 2.45) is 0 Å². The number of nitrogens with zero attached hydrogens (tertiary/aromatic N) is 4. The van der Waals surface area contributed by atoms with E-state index >= 15 is 0 Å². The SMILES string of the molecule is CCCc1ccc(S(=O)(=O)N2CCN(c3nc(C(C)C)no3)CC2)cc1. The third-order valence-electron chi connectivity index (χ3n) is 4.56. The van der Waals surface area contributed by atoms with Crippen LogP contribution < -0.4 is 4.90 Å². The van der Waals surface area contributed by atoms with Crippen LogP contribution in [0.15, 0.2) is 33.7 Å². The van der Waals surface area contributed by atoms with E-state index in [1.54, 1.807) is 12.1 Å². The van der Waals surface area contributed by atoms with Crippen molar-refractivity contribution < 1.29 is 12.9 Å². The minimum absolute atomic E-state index is 0.199. The first-order valence-corrected chi connectivity index (χ1v) is 10.5. The first-order valence-electron chi connectivity index (χ1n) is 9.09. The third-order valence-corrected chi connectivity index (χ3v) is 6.47. The predicted octanol–water partition coefficient (Wildman–Crippen LogP) is 2.66. The molecule has 1 aromatic heterocycles. The van der Waals surface area contributed by atoms with Crippen molar-refractivity contribution in [3.63, 3.8) is 0 Å². The summed E-state index contributed by atoms with van der Waals surface area (Å²) in [5, 5.41) is 3.97. The lowest BCUT2D eigenvalue weighted by Crippen LogP contribution is -2.48. The minimum Gasteiger partial charge on any atom is -0.322 e. The lowest BCUT2D eigenvalue weighted by molar-refractivity contribution is 0.353. The van der Waals surface area contributed by atoms with E-state index in [-0.39, 0.29) is 5.92 Å². The van der Waals surface area contributed by atoms with Crippen LogP contribution in [0, 0.1) is 0 Å². The topological polar surface area (TPSA) is 79.5 Å². The standard InChI is InChI=1S/C18H26N4O3S/c1-4-5-15-6-8-16(9-7-15)26(23,24)22-12-10-21(11-13-22)18-19-17(14(2)3)20-25-18/h6-9,14H,4-5,10-13H2,1-3H3. The summed E-state index contributed by atoms with van der Waals surface area (Å²) in [5.74, 6) is 0.868. The first-order chi connectivity index (χ1) is 12.4. The summed E-state index contributed by atoms with van der Waals surface area (Å²) >= 11 is 0. The smallest absolute Gasteiger partial charge is 0.322 e. The van der Waals surface area contributed by atoms with Gasteiger partial charge in [-0.15, -0.1) is 0 Å². The van der Waals surface area contributed by atoms with Gasteiger partial charge in [-0.3, -0.25) is 0 Å². The number of hydrogen-bond acceptors (Lipinski definition) is 6. The van der Waals surface area contributed by atoms with Crippen molar-refractivity contribution >= 4 is 16.0 Å². The largest absolute Gasteiger partial charge is 0.324 e. The van der Waals surface area contributed by atoms with Crippen LogP contribution in [-0.4, -0.2) is 49.0 Å². The van der Waals surface area contributed by atoms with Gasteiger partial charge in [0.15, 0.2) is 5.82 Å². The van der Waals surface area contributed by atoms with E-state index in [9.17, 15) is 8.42 Å². The Labute approximate surface area is 155 Å². The van der Waals surface area contributed by atoms with Crippen molar-refractivity contribution in [3.05, 3.63) is 35.7 Å². The number of benzene rings is 1. The maximum Gasteiger partial charge on any atom is 0.324 e. The zero-order chi connectivity index (χ0) is 18.7. The highest BCUT2D eigenvalue weighted by Gasteiger charge is 2.30. The first kappa shape index (κ1) is 18.8. The van der Waals surface area contributed by atoms with E-state index in [1.165, 1.54) is 4.31 Å². The van der Waals surface area contributed by atoms with Crippen molar-refractivity contribution in [2.75, 3.05) is 31.1 Å². The molecule has 1 aliphatic heterocycles. The molecule has 0 N–H and O–H groups in total. The summed E-state index contributed by atoms with van der Waals surface area (Å²) in [7, 11) is -3.47. The van der Waals surface area contributed by atoms with Gasteiger partial charge in [0.1, 0.15) is 0 Å². The molecule has 0 spiro atoms. The molecule has 0 amide bonds. The maximum atomic E-state index is 12.8. The normalized spacial score (nSPS) is 16.4. The Morgan fingerprint density at radius 2 is 1.77 bits per heavy atom. The van der Waals surface area contributed by atoms with Crippen molar-refractivity contribution in [3.8, 4) is 0 Å². The van der Waals surface area contributed by atoms with Crippen LogP contribution in [0.25, 0.3) is 0 Å². The molecule has 1 aliphatic rings. The number of rotatable bonds is 6. The molecule has 0 radical (unpaired) electrons. The monoisotopic (exact) mass is 378 g/mol. The van der Waals surface area contributed by atoms with E-state index in [2.05, 4.69) is 17.1 Å². The molecule has 142 valence electrons. The van der Waals surface area contributed by atoms with Gasteiger partial charge in [-0.1, -0.05) is 44.5 Å². The number of sulfonamides is 1. The Bertz CT molecular complexity index is 822. The van der Waals surface area contributed by atoms with Gasteiger partial charge in [0, 0.05) is 32.1 Å². The average Bonchev–Trinajstić information content (AvgIpc) is 3.13. The molecule has 1 aromatic carbocycles. The van der Waals surface area contributed by atoms with Crippen LogP contribution in [0.2, 0.25) is 0 Å². The van der Waals surface area contributed by atoms with Crippen molar-refractivity contribution in [1.82, 2.24) is 14.4 Å².